The van der Waals surface area contributed by atoms with Crippen molar-refractivity contribution in [1.29, 1.82) is 0 Å². The van der Waals surface area contributed by atoms with E-state index in [0.717, 1.165) is 12.8 Å². The highest BCUT2D eigenvalue weighted by atomic mass is 16.5. The number of rotatable bonds is 3. The second-order valence-corrected chi connectivity index (χ2v) is 4.03. The molecule has 1 rings (SSSR count). The molecule has 3 N–H and O–H groups in total. The fourth-order valence-electron chi connectivity index (χ4n) is 1.82. The summed E-state index contributed by atoms with van der Waals surface area (Å²) in [5, 5.41) is 11.4. The fourth-order valence-corrected chi connectivity index (χ4v) is 1.82. The zero-order valence-electron chi connectivity index (χ0n) is 9.72. The van der Waals surface area contributed by atoms with Gasteiger partial charge in [-0.25, -0.2) is 0 Å². The number of nitrogens with zero attached hydrogens (tertiary/aromatic N) is 2. The molecule has 1 saturated heterocycles. The lowest BCUT2D eigenvalue weighted by Crippen LogP contribution is -2.47. The van der Waals surface area contributed by atoms with Gasteiger partial charge in [0.2, 0.25) is 5.91 Å². The number of hydrogen-bond donors (Lipinski definition) is 2. The quantitative estimate of drug-likeness (QED) is 0.309. The van der Waals surface area contributed by atoms with Crippen LogP contribution in [-0.4, -0.2) is 48.2 Å². The predicted octanol–water partition coefficient (Wildman–Crippen LogP) is 0.00630. The summed E-state index contributed by atoms with van der Waals surface area (Å²) in [7, 11) is 1.64. The molecule has 16 heavy (non-hydrogen) atoms. The molecule has 0 aromatic rings. The Labute approximate surface area is 95.0 Å². The summed E-state index contributed by atoms with van der Waals surface area (Å²) in [6.45, 7) is 2.92. The number of hydrogen-bond acceptors (Lipinski definition) is 4. The van der Waals surface area contributed by atoms with Crippen LogP contribution in [0.4, 0.5) is 0 Å². The number of carbonyl (C=O) groups excluding carboxylic acids is 1. The Morgan fingerprint density at radius 2 is 2.38 bits per heavy atom. The molecule has 0 aromatic carbocycles. The Morgan fingerprint density at radius 1 is 1.69 bits per heavy atom. The van der Waals surface area contributed by atoms with Crippen molar-refractivity contribution in [3.05, 3.63) is 0 Å². The van der Waals surface area contributed by atoms with E-state index in [1.807, 2.05) is 0 Å². The highest BCUT2D eigenvalue weighted by Crippen LogP contribution is 2.15. The molecule has 0 radical (unpaired) electrons. The third-order valence-corrected chi connectivity index (χ3v) is 2.95. The van der Waals surface area contributed by atoms with Crippen LogP contribution in [0, 0.1) is 5.92 Å². The molecule has 6 nitrogen and oxygen atoms in total. The molecule has 1 fully saturated rings. The van der Waals surface area contributed by atoms with Crippen molar-refractivity contribution in [2.45, 2.75) is 25.9 Å². The zero-order chi connectivity index (χ0) is 12.1. The Kier molecular flexibility index (Phi) is 4.54. The molecule has 0 bridgehead atoms. The number of nitrogens with two attached hydrogens (primary N) is 1. The predicted molar refractivity (Wildman–Crippen MR) is 59.2 cm³/mol. The highest BCUT2D eigenvalue weighted by Gasteiger charge is 2.28. The van der Waals surface area contributed by atoms with Crippen LogP contribution in [0.1, 0.15) is 19.8 Å². The summed E-state index contributed by atoms with van der Waals surface area (Å²) in [6.07, 6.45) is 1.99. The third-order valence-electron chi connectivity index (χ3n) is 2.95. The molecular formula is C10H19N3O3. The second kappa shape index (κ2) is 5.69. The average molecular weight is 229 g/mol. The van der Waals surface area contributed by atoms with E-state index in [9.17, 15) is 4.79 Å². The van der Waals surface area contributed by atoms with Crippen LogP contribution in [0.25, 0.3) is 0 Å². The highest BCUT2D eigenvalue weighted by molar-refractivity contribution is 6.01. The molecule has 1 aliphatic heterocycles. The van der Waals surface area contributed by atoms with Gasteiger partial charge in [0, 0.05) is 20.2 Å². The Hall–Kier alpha value is -1.30. The molecule has 2 unspecified atom stereocenters. The van der Waals surface area contributed by atoms with Crippen LogP contribution in [0.15, 0.2) is 5.16 Å². The van der Waals surface area contributed by atoms with E-state index in [0.29, 0.717) is 13.1 Å². The van der Waals surface area contributed by atoms with Gasteiger partial charge in [-0.1, -0.05) is 5.16 Å². The lowest BCUT2D eigenvalue weighted by atomic mass is 10.0. The van der Waals surface area contributed by atoms with Gasteiger partial charge >= 0.3 is 0 Å². The van der Waals surface area contributed by atoms with Gasteiger partial charge in [-0.3, -0.25) is 4.79 Å². The van der Waals surface area contributed by atoms with E-state index >= 15 is 0 Å². The normalized spacial score (nSPS) is 24.2. The van der Waals surface area contributed by atoms with Gasteiger partial charge in [0.05, 0.1) is 12.0 Å². The lowest BCUT2D eigenvalue weighted by molar-refractivity contribution is -0.136. The molecule has 0 aliphatic carbocycles. The number of amidine groups is 1. The number of methoxy groups -OCH3 is 1. The van der Waals surface area contributed by atoms with E-state index < -0.39 is 5.92 Å². The standard InChI is InChI=1S/C10H19N3O3/c1-7(9(11)12-15)10(14)13-5-3-4-8(6-13)16-2/h7-8,15H,3-6H2,1-2H3,(H2,11,12). The van der Waals surface area contributed by atoms with E-state index in [-0.39, 0.29) is 17.8 Å². The molecule has 1 heterocycles. The first-order valence-electron chi connectivity index (χ1n) is 5.39. The third kappa shape index (κ3) is 2.85. The van der Waals surface area contributed by atoms with Crippen molar-refractivity contribution >= 4 is 11.7 Å². The number of piperidine rings is 1. The van der Waals surface area contributed by atoms with Gasteiger partial charge in [0.15, 0.2) is 5.84 Å². The minimum Gasteiger partial charge on any atom is -0.409 e. The Morgan fingerprint density at radius 3 is 2.94 bits per heavy atom. The molecule has 0 aromatic heterocycles. The Balaban J connectivity index is 2.59. The molecule has 6 heteroatoms. The lowest BCUT2D eigenvalue weighted by Gasteiger charge is -2.33. The first kappa shape index (κ1) is 12.8. The molecular weight excluding hydrogens is 210 g/mol. The van der Waals surface area contributed by atoms with Crippen molar-refractivity contribution in [1.82, 2.24) is 4.90 Å². The monoisotopic (exact) mass is 229 g/mol. The number of likely N-dealkylation sites (tertiary alicyclic amines) is 1. The number of oxime groups is 1. The van der Waals surface area contributed by atoms with Crippen LogP contribution in [0.5, 0.6) is 0 Å². The molecule has 0 spiro atoms. The number of ether oxygens (including phenoxy) is 1. The molecule has 2 atom stereocenters. The summed E-state index contributed by atoms with van der Waals surface area (Å²) < 4.78 is 5.23. The second-order valence-electron chi connectivity index (χ2n) is 4.03. The summed E-state index contributed by atoms with van der Waals surface area (Å²) in [6, 6.07) is 0. The van der Waals surface area contributed by atoms with Crippen LogP contribution < -0.4 is 5.73 Å². The molecule has 1 amide bonds. The van der Waals surface area contributed by atoms with Gasteiger partial charge in [0.25, 0.3) is 0 Å². The topological polar surface area (TPSA) is 88.2 Å². The van der Waals surface area contributed by atoms with Gasteiger partial charge in [-0.2, -0.15) is 0 Å². The van der Waals surface area contributed by atoms with E-state index in [1.165, 1.54) is 0 Å². The molecule has 0 saturated carbocycles. The largest absolute Gasteiger partial charge is 0.409 e. The maximum Gasteiger partial charge on any atom is 0.233 e. The van der Waals surface area contributed by atoms with E-state index in [1.54, 1.807) is 18.9 Å². The van der Waals surface area contributed by atoms with Crippen molar-refractivity contribution in [3.8, 4) is 0 Å². The van der Waals surface area contributed by atoms with Crippen molar-refractivity contribution < 1.29 is 14.7 Å². The van der Waals surface area contributed by atoms with Crippen LogP contribution in [0.3, 0.4) is 0 Å². The van der Waals surface area contributed by atoms with Crippen molar-refractivity contribution in [3.63, 3.8) is 0 Å². The van der Waals surface area contributed by atoms with Gasteiger partial charge < -0.3 is 20.6 Å². The molecule has 1 aliphatic rings. The van der Waals surface area contributed by atoms with Gasteiger partial charge in [-0.05, 0) is 19.8 Å². The van der Waals surface area contributed by atoms with Crippen molar-refractivity contribution in [2.75, 3.05) is 20.2 Å². The van der Waals surface area contributed by atoms with Gasteiger partial charge in [0.1, 0.15) is 0 Å². The fraction of sp³-hybridized carbons (Fsp3) is 0.800. The van der Waals surface area contributed by atoms with Crippen LogP contribution in [-0.2, 0) is 9.53 Å². The summed E-state index contributed by atoms with van der Waals surface area (Å²) in [5.41, 5.74) is 5.41. The average Bonchev–Trinajstić information content (AvgIpc) is 2.36. The summed E-state index contributed by atoms with van der Waals surface area (Å²) in [4.78, 5) is 13.7. The SMILES string of the molecule is COC1CCCN(C(=O)C(C)C(N)=NO)C1. The van der Waals surface area contributed by atoms with Gasteiger partial charge in [-0.15, -0.1) is 0 Å². The van der Waals surface area contributed by atoms with Crippen molar-refractivity contribution in [2.24, 2.45) is 16.8 Å². The Bertz CT molecular complexity index is 280. The van der Waals surface area contributed by atoms with E-state index in [2.05, 4.69) is 5.16 Å². The molecule has 92 valence electrons. The minimum absolute atomic E-state index is 0.0514. The number of carbonyl (C=O) groups is 1. The number of amides is 1. The smallest absolute Gasteiger partial charge is 0.233 e. The summed E-state index contributed by atoms with van der Waals surface area (Å²) in [5.74, 6) is -0.748. The first-order chi connectivity index (χ1) is 7.60. The summed E-state index contributed by atoms with van der Waals surface area (Å²) >= 11 is 0. The van der Waals surface area contributed by atoms with Crippen LogP contribution in [0.2, 0.25) is 0 Å². The zero-order valence-corrected chi connectivity index (χ0v) is 9.72. The maximum absolute atomic E-state index is 12.0. The van der Waals surface area contributed by atoms with Crippen LogP contribution >= 0.6 is 0 Å². The van der Waals surface area contributed by atoms with E-state index in [4.69, 9.17) is 15.7 Å². The first-order valence-corrected chi connectivity index (χ1v) is 5.39. The minimum atomic E-state index is -0.583. The maximum atomic E-state index is 12.0.